The van der Waals surface area contributed by atoms with Crippen LogP contribution >= 0.6 is 24.2 Å². The van der Waals surface area contributed by atoms with Gasteiger partial charge in [0.2, 0.25) is 0 Å². The summed E-state index contributed by atoms with van der Waals surface area (Å²) in [6, 6.07) is 0. The third-order valence-corrected chi connectivity index (χ3v) is 4.46. The maximum Gasteiger partial charge on any atom is 0.333 e. The third kappa shape index (κ3) is 3.64. The van der Waals surface area contributed by atoms with Crippen LogP contribution in [0, 0.1) is 0 Å². The molecule has 2 fully saturated rings. The molecule has 2 saturated heterocycles. The fourth-order valence-corrected chi connectivity index (χ4v) is 3.40. The van der Waals surface area contributed by atoms with E-state index in [-0.39, 0.29) is 29.7 Å². The number of likely N-dealkylation sites (N-methyl/N-ethyl adjacent to an activating group) is 1. The molecule has 2 aliphatic heterocycles. The van der Waals surface area contributed by atoms with E-state index in [4.69, 9.17) is 4.74 Å². The Morgan fingerprint density at radius 3 is 2.68 bits per heavy atom. The van der Waals surface area contributed by atoms with E-state index in [1.807, 2.05) is 0 Å². The number of hydrogen-bond acceptors (Lipinski definition) is 5. The van der Waals surface area contributed by atoms with E-state index in [2.05, 4.69) is 4.90 Å². The Hall–Kier alpha value is -0.720. The van der Waals surface area contributed by atoms with Crippen molar-refractivity contribution in [1.29, 1.82) is 0 Å². The number of rotatable bonds is 3. The molecule has 0 aromatic rings. The largest absolute Gasteiger partial charge is 0.463 e. The molecule has 5 nitrogen and oxygen atoms in total. The van der Waals surface area contributed by atoms with Gasteiger partial charge in [0.15, 0.2) is 0 Å². The van der Waals surface area contributed by atoms with Crippen LogP contribution in [-0.4, -0.2) is 53.8 Å². The Kier molecular flexibility index (Phi) is 6.16. The van der Waals surface area contributed by atoms with Gasteiger partial charge in [-0.15, -0.1) is 12.4 Å². The van der Waals surface area contributed by atoms with E-state index < -0.39 is 0 Å². The fraction of sp³-hybridized carbons (Fsp3) is 0.667. The molecule has 1 amide bonds. The van der Waals surface area contributed by atoms with Crippen LogP contribution in [0.1, 0.15) is 19.8 Å². The Bertz CT molecular complexity index is 383. The van der Waals surface area contributed by atoms with Gasteiger partial charge in [0.05, 0.1) is 17.7 Å². The maximum absolute atomic E-state index is 12.1. The standard InChI is InChI=1S/C12H18N2O3S.ClH/c1-3-17-10(15)8-9-13(2)11(16)12(18-9)14-6-4-5-7-14;/h8,12H,3-7H2,1-2H3;1H/b9-8-;. The van der Waals surface area contributed by atoms with Crippen molar-refractivity contribution >= 4 is 36.0 Å². The summed E-state index contributed by atoms with van der Waals surface area (Å²) in [7, 11) is 1.70. The highest BCUT2D eigenvalue weighted by Crippen LogP contribution is 2.37. The van der Waals surface area contributed by atoms with Crippen molar-refractivity contribution in [2.24, 2.45) is 0 Å². The molecule has 1 unspecified atom stereocenters. The number of thioether (sulfide) groups is 1. The second-order valence-corrected chi connectivity index (χ2v) is 5.45. The zero-order valence-electron chi connectivity index (χ0n) is 11.1. The summed E-state index contributed by atoms with van der Waals surface area (Å²) < 4.78 is 4.87. The highest BCUT2D eigenvalue weighted by atomic mass is 35.5. The highest BCUT2D eigenvalue weighted by molar-refractivity contribution is 8.04. The van der Waals surface area contributed by atoms with Gasteiger partial charge in [-0.3, -0.25) is 9.69 Å². The minimum Gasteiger partial charge on any atom is -0.463 e. The van der Waals surface area contributed by atoms with Crippen LogP contribution in [0.15, 0.2) is 11.1 Å². The smallest absolute Gasteiger partial charge is 0.333 e. The lowest BCUT2D eigenvalue weighted by molar-refractivity contribution is -0.137. The topological polar surface area (TPSA) is 49.9 Å². The number of amides is 1. The van der Waals surface area contributed by atoms with Gasteiger partial charge in [-0.1, -0.05) is 11.8 Å². The number of carbonyl (C=O) groups is 2. The van der Waals surface area contributed by atoms with E-state index in [9.17, 15) is 9.59 Å². The van der Waals surface area contributed by atoms with Crippen molar-refractivity contribution in [1.82, 2.24) is 9.80 Å². The number of hydrogen-bond donors (Lipinski definition) is 0. The molecule has 108 valence electrons. The summed E-state index contributed by atoms with van der Waals surface area (Å²) in [4.78, 5) is 27.3. The highest BCUT2D eigenvalue weighted by Gasteiger charge is 2.39. The first kappa shape index (κ1) is 16.3. The molecule has 0 spiro atoms. The lowest BCUT2D eigenvalue weighted by Gasteiger charge is -2.19. The van der Waals surface area contributed by atoms with E-state index in [0.717, 1.165) is 25.9 Å². The third-order valence-electron chi connectivity index (χ3n) is 3.11. The normalized spacial score (nSPS) is 25.8. The average molecular weight is 307 g/mol. The van der Waals surface area contributed by atoms with Gasteiger partial charge in [-0.05, 0) is 32.9 Å². The predicted octanol–water partition coefficient (Wildman–Crippen LogP) is 1.44. The van der Waals surface area contributed by atoms with Gasteiger partial charge in [0, 0.05) is 7.05 Å². The van der Waals surface area contributed by atoms with Crippen LogP contribution in [0.3, 0.4) is 0 Å². The molecular formula is C12H19ClN2O3S. The number of ether oxygens (including phenoxy) is 1. The average Bonchev–Trinajstić information content (AvgIpc) is 2.93. The number of carbonyl (C=O) groups excluding carboxylic acids is 2. The molecule has 19 heavy (non-hydrogen) atoms. The fourth-order valence-electron chi connectivity index (χ4n) is 2.14. The van der Waals surface area contributed by atoms with Gasteiger partial charge in [0.25, 0.3) is 5.91 Å². The van der Waals surface area contributed by atoms with Crippen LogP contribution in [0.4, 0.5) is 0 Å². The molecule has 0 saturated carbocycles. The van der Waals surface area contributed by atoms with Crippen molar-refractivity contribution in [3.63, 3.8) is 0 Å². The van der Waals surface area contributed by atoms with Crippen molar-refractivity contribution in [3.8, 4) is 0 Å². The van der Waals surface area contributed by atoms with Crippen LogP contribution in [-0.2, 0) is 14.3 Å². The van der Waals surface area contributed by atoms with E-state index in [1.54, 1.807) is 18.9 Å². The number of nitrogens with zero attached hydrogens (tertiary/aromatic N) is 2. The predicted molar refractivity (Wildman–Crippen MR) is 76.9 cm³/mol. The molecule has 2 rings (SSSR count). The molecule has 0 bridgehead atoms. The van der Waals surface area contributed by atoms with Gasteiger partial charge in [-0.2, -0.15) is 0 Å². The molecule has 1 atom stereocenters. The summed E-state index contributed by atoms with van der Waals surface area (Å²) in [5.74, 6) is -0.334. The van der Waals surface area contributed by atoms with Crippen molar-refractivity contribution in [2.75, 3.05) is 26.7 Å². The summed E-state index contributed by atoms with van der Waals surface area (Å²) >= 11 is 1.44. The quantitative estimate of drug-likeness (QED) is 0.583. The number of halogens is 1. The number of esters is 1. The van der Waals surface area contributed by atoms with Crippen molar-refractivity contribution in [3.05, 3.63) is 11.1 Å². The molecular weight excluding hydrogens is 288 g/mol. The molecule has 0 N–H and O–H groups in total. The molecule has 7 heteroatoms. The molecule has 0 aromatic carbocycles. The summed E-state index contributed by atoms with van der Waals surface area (Å²) in [6.07, 6.45) is 3.69. The lowest BCUT2D eigenvalue weighted by atomic mass is 10.4. The first-order valence-electron chi connectivity index (χ1n) is 6.20. The van der Waals surface area contributed by atoms with Crippen LogP contribution in [0.2, 0.25) is 0 Å². The van der Waals surface area contributed by atoms with Gasteiger partial charge >= 0.3 is 5.97 Å². The SMILES string of the molecule is CCOC(=O)/C=C1\SC(N2CCCC2)C(=O)N1C.Cl. The van der Waals surface area contributed by atoms with Crippen LogP contribution in [0.5, 0.6) is 0 Å². The maximum atomic E-state index is 12.1. The molecule has 0 aliphatic carbocycles. The molecule has 2 heterocycles. The molecule has 0 aromatic heterocycles. The Morgan fingerprint density at radius 2 is 2.11 bits per heavy atom. The first-order chi connectivity index (χ1) is 8.63. The van der Waals surface area contributed by atoms with Crippen LogP contribution < -0.4 is 0 Å². The number of likely N-dealkylation sites (tertiary alicyclic amines) is 1. The Morgan fingerprint density at radius 1 is 1.47 bits per heavy atom. The monoisotopic (exact) mass is 306 g/mol. The van der Waals surface area contributed by atoms with Crippen LogP contribution in [0.25, 0.3) is 0 Å². The minimum absolute atomic E-state index is 0. The van der Waals surface area contributed by atoms with Gasteiger partial charge < -0.3 is 9.64 Å². The van der Waals surface area contributed by atoms with Gasteiger partial charge in [-0.25, -0.2) is 4.79 Å². The van der Waals surface area contributed by atoms with E-state index >= 15 is 0 Å². The van der Waals surface area contributed by atoms with Crippen molar-refractivity contribution < 1.29 is 14.3 Å². The zero-order valence-corrected chi connectivity index (χ0v) is 12.8. The second-order valence-electron chi connectivity index (χ2n) is 4.35. The van der Waals surface area contributed by atoms with E-state index in [0.29, 0.717) is 11.6 Å². The Labute approximate surface area is 123 Å². The van der Waals surface area contributed by atoms with E-state index in [1.165, 1.54) is 17.8 Å². The van der Waals surface area contributed by atoms with Crippen molar-refractivity contribution in [2.45, 2.75) is 25.1 Å². The summed E-state index contributed by atoms with van der Waals surface area (Å²) in [6.45, 7) is 4.04. The van der Waals surface area contributed by atoms with Gasteiger partial charge in [0.1, 0.15) is 5.37 Å². The Balaban J connectivity index is 0.00000180. The molecule has 2 aliphatic rings. The minimum atomic E-state index is -0.387. The lowest BCUT2D eigenvalue weighted by Crippen LogP contribution is -2.37. The molecule has 0 radical (unpaired) electrons. The summed E-state index contributed by atoms with van der Waals surface area (Å²) in [5.41, 5.74) is 0. The first-order valence-corrected chi connectivity index (χ1v) is 7.08. The summed E-state index contributed by atoms with van der Waals surface area (Å²) in [5, 5.41) is 0.508. The zero-order chi connectivity index (χ0) is 13.1. The second kappa shape index (κ2) is 7.17.